The maximum absolute atomic E-state index is 13.3. The Hall–Kier alpha value is 0.420. The lowest BCUT2D eigenvalue weighted by Gasteiger charge is -2.31. The van der Waals surface area contributed by atoms with Crippen LogP contribution in [0.3, 0.4) is 0 Å². The van der Waals surface area contributed by atoms with Gasteiger partial charge in [0.2, 0.25) is 0 Å². The van der Waals surface area contributed by atoms with E-state index in [2.05, 4.69) is 0 Å². The summed E-state index contributed by atoms with van der Waals surface area (Å²) in [4.78, 5) is 0. The third kappa shape index (κ3) is 8.32. The van der Waals surface area contributed by atoms with Crippen molar-refractivity contribution in [2.24, 2.45) is 0 Å². The fourth-order valence-corrected chi connectivity index (χ4v) is 7.09. The molecule has 150 valence electrons. The summed E-state index contributed by atoms with van der Waals surface area (Å²) in [6.07, 6.45) is 3.37. The number of hydrogen-bond acceptors (Lipinski definition) is 7. The van der Waals surface area contributed by atoms with E-state index in [1.165, 1.54) is 0 Å². The van der Waals surface area contributed by atoms with Gasteiger partial charge in [-0.1, -0.05) is 0 Å². The minimum absolute atomic E-state index is 0.182. The molecule has 0 bridgehead atoms. The predicted octanol–water partition coefficient (Wildman–Crippen LogP) is 4.90. The topological polar surface area (TPSA) is 72.5 Å². The van der Waals surface area contributed by atoms with Crippen molar-refractivity contribution in [1.29, 1.82) is 0 Å². The number of rotatable bonds is 14. The molecule has 1 saturated heterocycles. The second kappa shape index (κ2) is 13.6. The minimum atomic E-state index is -3.36. The molecule has 1 aliphatic rings. The molecule has 9 heteroatoms. The van der Waals surface area contributed by atoms with E-state index in [4.69, 9.17) is 27.6 Å². The van der Waals surface area contributed by atoms with E-state index in [1.807, 2.05) is 13.8 Å². The van der Waals surface area contributed by atoms with Gasteiger partial charge in [-0.3, -0.25) is 4.57 Å². The molecule has 0 aromatic rings. The fraction of sp³-hybridized carbons (Fsp3) is 1.00. The predicted molar refractivity (Wildman–Crippen MR) is 99.0 cm³/mol. The van der Waals surface area contributed by atoms with Gasteiger partial charge in [-0.15, -0.1) is 0 Å². The summed E-state index contributed by atoms with van der Waals surface area (Å²) >= 11 is 0. The SMILES string of the molecule is CCOP(OCC)C(CCOC1CCCCO1)P(=O)(OCC)OCC. The molecule has 2 unspecified atom stereocenters. The van der Waals surface area contributed by atoms with Crippen molar-refractivity contribution in [2.45, 2.75) is 65.1 Å². The zero-order chi connectivity index (χ0) is 18.5. The second-order valence-electron chi connectivity index (χ2n) is 5.43. The van der Waals surface area contributed by atoms with Gasteiger partial charge in [0.1, 0.15) is 5.40 Å². The smallest absolute Gasteiger partial charge is 0.342 e. The quantitative estimate of drug-likeness (QED) is 0.384. The highest BCUT2D eigenvalue weighted by Gasteiger charge is 2.43. The van der Waals surface area contributed by atoms with Crippen LogP contribution in [0.1, 0.15) is 53.4 Å². The van der Waals surface area contributed by atoms with E-state index in [1.54, 1.807) is 13.8 Å². The molecule has 1 heterocycles. The largest absolute Gasteiger partial charge is 0.353 e. The molecule has 0 aromatic carbocycles. The Bertz CT molecular complexity index is 361. The first kappa shape index (κ1) is 23.5. The Morgan fingerprint density at radius 1 is 1.04 bits per heavy atom. The zero-order valence-electron chi connectivity index (χ0n) is 16.0. The molecule has 1 aliphatic heterocycles. The third-order valence-electron chi connectivity index (χ3n) is 3.56. The molecule has 0 aromatic heterocycles. The first-order valence-electron chi connectivity index (χ1n) is 9.28. The molecule has 1 fully saturated rings. The van der Waals surface area contributed by atoms with Crippen molar-refractivity contribution in [3.8, 4) is 0 Å². The zero-order valence-corrected chi connectivity index (χ0v) is 17.8. The van der Waals surface area contributed by atoms with Crippen LogP contribution in [0, 0.1) is 0 Å². The lowest BCUT2D eigenvalue weighted by molar-refractivity contribution is -0.162. The lowest BCUT2D eigenvalue weighted by Crippen LogP contribution is -2.24. The average Bonchev–Trinajstić information content (AvgIpc) is 2.60. The van der Waals surface area contributed by atoms with Gasteiger partial charge in [-0.2, -0.15) is 0 Å². The Kier molecular flexibility index (Phi) is 12.7. The van der Waals surface area contributed by atoms with Gasteiger partial charge in [0.05, 0.1) is 33.0 Å². The fourth-order valence-electron chi connectivity index (χ4n) is 2.56. The van der Waals surface area contributed by atoms with Crippen LogP contribution < -0.4 is 0 Å². The summed E-state index contributed by atoms with van der Waals surface area (Å²) in [5.41, 5.74) is 0. The van der Waals surface area contributed by atoms with Gasteiger partial charge < -0.3 is 27.6 Å². The molecule has 2 atom stereocenters. The second-order valence-corrected chi connectivity index (χ2v) is 9.77. The lowest BCUT2D eigenvalue weighted by atomic mass is 10.2. The maximum Gasteiger partial charge on any atom is 0.342 e. The van der Waals surface area contributed by atoms with Crippen LogP contribution in [0.2, 0.25) is 0 Å². The molecule has 0 spiro atoms. The van der Waals surface area contributed by atoms with Crippen LogP contribution in [0.15, 0.2) is 0 Å². The maximum atomic E-state index is 13.3. The summed E-state index contributed by atoms with van der Waals surface area (Å²) in [6.45, 7) is 10.1. The van der Waals surface area contributed by atoms with Crippen LogP contribution >= 0.6 is 16.0 Å². The summed E-state index contributed by atoms with van der Waals surface area (Å²) in [7, 11) is -4.76. The molecule has 7 nitrogen and oxygen atoms in total. The van der Waals surface area contributed by atoms with Gasteiger partial charge in [0.15, 0.2) is 14.7 Å². The van der Waals surface area contributed by atoms with Crippen molar-refractivity contribution < 1.29 is 32.1 Å². The van der Waals surface area contributed by atoms with Crippen LogP contribution in [0.25, 0.3) is 0 Å². The van der Waals surface area contributed by atoms with Crippen molar-refractivity contribution >= 4 is 16.0 Å². The third-order valence-corrected chi connectivity index (χ3v) is 8.97. The molecule has 25 heavy (non-hydrogen) atoms. The van der Waals surface area contributed by atoms with Crippen LogP contribution in [0.4, 0.5) is 0 Å². The molecular weight excluding hydrogens is 366 g/mol. The Labute approximate surface area is 153 Å². The van der Waals surface area contributed by atoms with Crippen LogP contribution in [-0.2, 0) is 32.1 Å². The van der Waals surface area contributed by atoms with Crippen LogP contribution in [0.5, 0.6) is 0 Å². The van der Waals surface area contributed by atoms with Crippen molar-refractivity contribution in [3.05, 3.63) is 0 Å². The van der Waals surface area contributed by atoms with Gasteiger partial charge in [-0.05, 0) is 53.4 Å². The van der Waals surface area contributed by atoms with E-state index in [0.717, 1.165) is 25.9 Å². The first-order valence-corrected chi connectivity index (χ1v) is 12.1. The highest BCUT2D eigenvalue weighted by molar-refractivity contribution is 7.69. The van der Waals surface area contributed by atoms with Crippen LogP contribution in [-0.4, -0.2) is 51.3 Å². The van der Waals surface area contributed by atoms with E-state index in [0.29, 0.717) is 39.5 Å². The first-order chi connectivity index (χ1) is 12.1. The minimum Gasteiger partial charge on any atom is -0.353 e. The monoisotopic (exact) mass is 400 g/mol. The molecular formula is C16H34O7P2. The molecule has 0 saturated carbocycles. The summed E-state index contributed by atoms with van der Waals surface area (Å²) in [6, 6.07) is 0. The summed E-state index contributed by atoms with van der Waals surface area (Å²) in [5.74, 6) is 0. The Morgan fingerprint density at radius 2 is 1.68 bits per heavy atom. The Morgan fingerprint density at radius 3 is 2.16 bits per heavy atom. The van der Waals surface area contributed by atoms with Gasteiger partial charge in [-0.25, -0.2) is 0 Å². The van der Waals surface area contributed by atoms with Gasteiger partial charge in [0.25, 0.3) is 0 Å². The Balaban J connectivity index is 2.78. The molecule has 0 radical (unpaired) electrons. The number of ether oxygens (including phenoxy) is 2. The summed E-state index contributed by atoms with van der Waals surface area (Å²) in [5, 5.41) is -0.481. The van der Waals surface area contributed by atoms with Crippen molar-refractivity contribution in [2.75, 3.05) is 39.6 Å². The molecule has 0 amide bonds. The molecule has 1 rings (SSSR count). The normalized spacial score (nSPS) is 20.1. The van der Waals surface area contributed by atoms with Gasteiger partial charge in [0, 0.05) is 6.61 Å². The molecule has 0 aliphatic carbocycles. The number of hydrogen-bond donors (Lipinski definition) is 0. The standard InChI is InChI=1S/C16H34O7P2/c1-5-20-24(21-6-2)16(25(17,22-7-3)23-8-4)12-14-19-15-11-9-10-13-18-15/h15-16H,5-14H2,1-4H3. The van der Waals surface area contributed by atoms with E-state index >= 15 is 0 Å². The van der Waals surface area contributed by atoms with E-state index < -0.39 is 21.4 Å². The highest BCUT2D eigenvalue weighted by Crippen LogP contribution is 2.67. The average molecular weight is 400 g/mol. The van der Waals surface area contributed by atoms with E-state index in [9.17, 15) is 4.57 Å². The van der Waals surface area contributed by atoms with Crippen molar-refractivity contribution in [3.63, 3.8) is 0 Å². The van der Waals surface area contributed by atoms with E-state index in [-0.39, 0.29) is 6.29 Å². The highest BCUT2D eigenvalue weighted by atomic mass is 31.2. The van der Waals surface area contributed by atoms with Crippen molar-refractivity contribution in [1.82, 2.24) is 0 Å². The summed E-state index contributed by atoms with van der Waals surface area (Å²) < 4.78 is 47.3. The molecule has 0 N–H and O–H groups in total. The van der Waals surface area contributed by atoms with Gasteiger partial charge >= 0.3 is 7.60 Å².